The Balaban J connectivity index is 2.83. The predicted molar refractivity (Wildman–Crippen MR) is 44.4 cm³/mol. The maximum atomic E-state index is 12.5. The number of likely N-dealkylation sites (tertiary alicyclic amines) is 1. The molecule has 2 atom stereocenters. The molecule has 1 fully saturated rings. The van der Waals surface area contributed by atoms with Gasteiger partial charge in [-0.2, -0.15) is 13.2 Å². The van der Waals surface area contributed by atoms with E-state index in [1.165, 1.54) is 0 Å². The smallest absolute Gasteiger partial charge is 0.329 e. The second-order valence-electron chi connectivity index (χ2n) is 3.44. The van der Waals surface area contributed by atoms with E-state index in [2.05, 4.69) is 0 Å². The van der Waals surface area contributed by atoms with Crippen molar-refractivity contribution in [3.63, 3.8) is 0 Å². The van der Waals surface area contributed by atoms with Gasteiger partial charge in [-0.15, -0.1) is 0 Å². The molecule has 1 heterocycles. The number of nitrogens with zero attached hydrogens (tertiary/aromatic N) is 1. The highest BCUT2D eigenvalue weighted by Gasteiger charge is 2.53. The van der Waals surface area contributed by atoms with E-state index < -0.39 is 24.2 Å². The fourth-order valence-electron chi connectivity index (χ4n) is 1.74. The third-order valence-corrected chi connectivity index (χ3v) is 2.27. The van der Waals surface area contributed by atoms with Crippen molar-refractivity contribution < 1.29 is 18.0 Å². The van der Waals surface area contributed by atoms with Gasteiger partial charge in [0, 0.05) is 19.0 Å². The van der Waals surface area contributed by atoms with Crippen molar-refractivity contribution in [1.82, 2.24) is 4.90 Å². The van der Waals surface area contributed by atoms with Crippen LogP contribution in [-0.4, -0.2) is 35.6 Å². The lowest BCUT2D eigenvalue weighted by Gasteiger charge is -2.28. The summed E-state index contributed by atoms with van der Waals surface area (Å²) in [6.07, 6.45) is -4.12. The molecule has 1 aliphatic rings. The Labute approximate surface area is 80.0 Å². The van der Waals surface area contributed by atoms with Gasteiger partial charge in [-0.25, -0.2) is 0 Å². The van der Waals surface area contributed by atoms with Gasteiger partial charge in [0.25, 0.3) is 0 Å². The van der Waals surface area contributed by atoms with Crippen LogP contribution in [0.5, 0.6) is 0 Å². The molecule has 1 rings (SSSR count). The van der Waals surface area contributed by atoms with Crippen molar-refractivity contribution in [3.05, 3.63) is 0 Å². The van der Waals surface area contributed by atoms with Gasteiger partial charge in [-0.1, -0.05) is 6.92 Å². The monoisotopic (exact) mass is 210 g/mol. The number of nitrogens with two attached hydrogens (primary N) is 1. The Morgan fingerprint density at radius 2 is 2.14 bits per heavy atom. The minimum absolute atomic E-state index is 0.122. The van der Waals surface area contributed by atoms with Gasteiger partial charge < -0.3 is 10.6 Å². The van der Waals surface area contributed by atoms with E-state index in [0.717, 1.165) is 4.90 Å². The summed E-state index contributed by atoms with van der Waals surface area (Å²) in [4.78, 5) is 12.0. The zero-order chi connectivity index (χ0) is 10.9. The van der Waals surface area contributed by atoms with Crippen LogP contribution in [0.2, 0.25) is 0 Å². The van der Waals surface area contributed by atoms with E-state index in [-0.39, 0.29) is 13.0 Å². The molecule has 6 heteroatoms. The molecule has 0 radical (unpaired) electrons. The zero-order valence-electron chi connectivity index (χ0n) is 7.84. The summed E-state index contributed by atoms with van der Waals surface area (Å²) >= 11 is 0. The number of carbonyl (C=O) groups excluding carboxylic acids is 1. The Bertz CT molecular complexity index is 229. The molecule has 0 aromatic rings. The van der Waals surface area contributed by atoms with Crippen molar-refractivity contribution in [3.8, 4) is 0 Å². The molecule has 0 unspecified atom stereocenters. The fraction of sp³-hybridized carbons (Fsp3) is 0.875. The number of amides is 1. The Morgan fingerprint density at radius 3 is 2.57 bits per heavy atom. The lowest BCUT2D eigenvalue weighted by atomic mass is 10.1. The molecule has 0 saturated carbocycles. The first-order valence-electron chi connectivity index (χ1n) is 4.49. The van der Waals surface area contributed by atoms with Gasteiger partial charge in [-0.05, 0) is 6.42 Å². The molecule has 3 nitrogen and oxygen atoms in total. The van der Waals surface area contributed by atoms with Crippen LogP contribution in [0.1, 0.15) is 19.8 Å². The summed E-state index contributed by atoms with van der Waals surface area (Å²) in [5.74, 6) is -0.498. The van der Waals surface area contributed by atoms with Crippen LogP contribution in [0.25, 0.3) is 0 Å². The summed E-state index contributed by atoms with van der Waals surface area (Å²) in [6.45, 7) is 1.85. The van der Waals surface area contributed by atoms with E-state index in [0.29, 0.717) is 6.42 Å². The summed E-state index contributed by atoms with van der Waals surface area (Å²) in [5.41, 5.74) is 5.29. The number of rotatable bonds is 2. The van der Waals surface area contributed by atoms with Crippen LogP contribution in [0.15, 0.2) is 0 Å². The predicted octanol–water partition coefficient (Wildman–Crippen LogP) is 0.887. The Hall–Kier alpha value is -0.780. The molecule has 14 heavy (non-hydrogen) atoms. The normalized spacial score (nSPS) is 28.6. The van der Waals surface area contributed by atoms with Gasteiger partial charge >= 0.3 is 6.18 Å². The number of carbonyl (C=O) groups is 1. The number of halogens is 3. The maximum Gasteiger partial charge on any atom is 0.410 e. The standard InChI is InChI=1S/C8H13F3N2O/c1-2-3-13-6(14)4-5(12)7(13)8(9,10)11/h5,7H,2-4,12H2,1H3/t5-,7-/m0/s1. The molecule has 0 bridgehead atoms. The van der Waals surface area contributed by atoms with E-state index in [4.69, 9.17) is 5.73 Å². The van der Waals surface area contributed by atoms with Gasteiger partial charge in [0.1, 0.15) is 6.04 Å². The summed E-state index contributed by atoms with van der Waals surface area (Å²) < 4.78 is 37.5. The minimum atomic E-state index is -4.42. The van der Waals surface area contributed by atoms with Crippen LogP contribution in [0, 0.1) is 0 Å². The molecular formula is C8H13F3N2O. The van der Waals surface area contributed by atoms with Crippen LogP contribution >= 0.6 is 0 Å². The number of alkyl halides is 3. The Kier molecular flexibility index (Phi) is 3.04. The average Bonchev–Trinajstić information content (AvgIpc) is 2.26. The van der Waals surface area contributed by atoms with E-state index in [9.17, 15) is 18.0 Å². The zero-order valence-corrected chi connectivity index (χ0v) is 7.84. The molecule has 1 aliphatic heterocycles. The molecule has 0 aliphatic carbocycles. The van der Waals surface area contributed by atoms with Crippen LogP contribution in [-0.2, 0) is 4.79 Å². The van der Waals surface area contributed by atoms with Crippen molar-refractivity contribution in [1.29, 1.82) is 0 Å². The minimum Gasteiger partial charge on any atom is -0.329 e. The lowest BCUT2D eigenvalue weighted by molar-refractivity contribution is -0.182. The van der Waals surface area contributed by atoms with Crippen LogP contribution < -0.4 is 5.73 Å². The quantitative estimate of drug-likeness (QED) is 0.735. The van der Waals surface area contributed by atoms with Crippen molar-refractivity contribution in [2.75, 3.05) is 6.54 Å². The Morgan fingerprint density at radius 1 is 1.57 bits per heavy atom. The van der Waals surface area contributed by atoms with E-state index >= 15 is 0 Å². The summed E-state index contributed by atoms with van der Waals surface area (Å²) in [5, 5.41) is 0. The second kappa shape index (κ2) is 3.76. The highest BCUT2D eigenvalue weighted by molar-refractivity contribution is 5.80. The lowest BCUT2D eigenvalue weighted by Crippen LogP contribution is -2.50. The first-order chi connectivity index (χ1) is 6.38. The maximum absolute atomic E-state index is 12.5. The number of hydrogen-bond acceptors (Lipinski definition) is 2. The van der Waals surface area contributed by atoms with Crippen molar-refractivity contribution >= 4 is 5.91 Å². The van der Waals surface area contributed by atoms with Crippen molar-refractivity contribution in [2.24, 2.45) is 5.73 Å². The molecule has 2 N–H and O–H groups in total. The number of hydrogen-bond donors (Lipinski definition) is 1. The molecule has 0 aromatic carbocycles. The molecule has 1 amide bonds. The van der Waals surface area contributed by atoms with Gasteiger partial charge in [0.15, 0.2) is 0 Å². The third kappa shape index (κ3) is 2.00. The highest BCUT2D eigenvalue weighted by Crippen LogP contribution is 2.32. The second-order valence-corrected chi connectivity index (χ2v) is 3.44. The summed E-state index contributed by atoms with van der Waals surface area (Å²) in [7, 11) is 0. The van der Waals surface area contributed by atoms with Crippen LogP contribution in [0.4, 0.5) is 13.2 Å². The molecular weight excluding hydrogens is 197 g/mol. The van der Waals surface area contributed by atoms with Crippen LogP contribution in [0.3, 0.4) is 0 Å². The van der Waals surface area contributed by atoms with Gasteiger partial charge in [-0.3, -0.25) is 4.79 Å². The molecule has 1 saturated heterocycles. The first-order valence-corrected chi connectivity index (χ1v) is 4.49. The molecule has 82 valence electrons. The third-order valence-electron chi connectivity index (χ3n) is 2.27. The van der Waals surface area contributed by atoms with E-state index in [1.807, 2.05) is 0 Å². The fourth-order valence-corrected chi connectivity index (χ4v) is 1.74. The van der Waals surface area contributed by atoms with Gasteiger partial charge in [0.2, 0.25) is 5.91 Å². The van der Waals surface area contributed by atoms with E-state index in [1.54, 1.807) is 6.92 Å². The largest absolute Gasteiger partial charge is 0.410 e. The average molecular weight is 210 g/mol. The SMILES string of the molecule is CCCN1C(=O)C[C@H](N)[C@H]1C(F)(F)F. The summed E-state index contributed by atoms with van der Waals surface area (Å²) in [6, 6.07) is -2.91. The van der Waals surface area contributed by atoms with Crippen molar-refractivity contribution in [2.45, 2.75) is 38.0 Å². The molecule has 0 spiro atoms. The highest BCUT2D eigenvalue weighted by atomic mass is 19.4. The first kappa shape index (κ1) is 11.3. The topological polar surface area (TPSA) is 46.3 Å². The van der Waals surface area contributed by atoms with Gasteiger partial charge in [0.05, 0.1) is 0 Å². The molecule has 0 aromatic heterocycles.